The van der Waals surface area contributed by atoms with Gasteiger partial charge >= 0.3 is 0 Å². The molecular weight excluding hydrogens is 350 g/mol. The fraction of sp³-hybridized carbons (Fsp3) is 0.217. The molecule has 0 radical (unpaired) electrons. The molecule has 0 atom stereocenters. The van der Waals surface area contributed by atoms with E-state index in [9.17, 15) is 9.59 Å². The molecule has 0 unspecified atom stereocenters. The van der Waals surface area contributed by atoms with Crippen LogP contribution in [0, 0.1) is 0 Å². The largest absolute Gasteiger partial charge is 0.358 e. The van der Waals surface area contributed by atoms with Gasteiger partial charge in [-0.25, -0.2) is 0 Å². The van der Waals surface area contributed by atoms with Crippen LogP contribution in [0.25, 0.3) is 21.8 Å². The van der Waals surface area contributed by atoms with Crippen molar-refractivity contribution in [3.63, 3.8) is 0 Å². The quantitative estimate of drug-likeness (QED) is 0.555. The second kappa shape index (κ2) is 6.37. The minimum Gasteiger partial charge on any atom is -0.358 e. The third-order valence-corrected chi connectivity index (χ3v) is 5.71. The summed E-state index contributed by atoms with van der Waals surface area (Å²) in [6.07, 6.45) is 2.65. The molecule has 5 rings (SSSR count). The Morgan fingerprint density at radius 1 is 1.04 bits per heavy atom. The molecule has 0 bridgehead atoms. The van der Waals surface area contributed by atoms with E-state index >= 15 is 0 Å². The Balaban J connectivity index is 1.44. The maximum atomic E-state index is 13.1. The number of amides is 1. The summed E-state index contributed by atoms with van der Waals surface area (Å²) < 4.78 is 1.90. The van der Waals surface area contributed by atoms with Crippen LogP contribution in [0.3, 0.4) is 0 Å². The van der Waals surface area contributed by atoms with E-state index in [0.29, 0.717) is 18.7 Å². The van der Waals surface area contributed by atoms with Gasteiger partial charge in [0, 0.05) is 64.3 Å². The number of aromatic nitrogens is 2. The zero-order chi connectivity index (χ0) is 19.3. The van der Waals surface area contributed by atoms with E-state index in [2.05, 4.69) is 17.1 Å². The molecule has 0 fully saturated rings. The number of para-hydroxylation sites is 2. The van der Waals surface area contributed by atoms with Gasteiger partial charge in [0.05, 0.1) is 0 Å². The molecule has 5 heteroatoms. The fourth-order valence-electron chi connectivity index (χ4n) is 4.28. The topological polar surface area (TPSA) is 58.1 Å². The highest BCUT2D eigenvalue weighted by atomic mass is 16.2. The predicted molar refractivity (Wildman–Crippen MR) is 109 cm³/mol. The number of nitrogens with one attached hydrogen (secondary N) is 1. The molecule has 1 aliphatic heterocycles. The average Bonchev–Trinajstić information content (AvgIpc) is 3.26. The molecule has 0 aliphatic carbocycles. The Bertz CT molecular complexity index is 1230. The number of H-pyrrole nitrogens is 1. The molecule has 0 spiro atoms. The summed E-state index contributed by atoms with van der Waals surface area (Å²) in [5.74, 6) is 0.0931. The molecule has 1 N–H and O–H groups in total. The zero-order valence-electron chi connectivity index (χ0n) is 15.7. The Labute approximate surface area is 162 Å². The number of aromatic amines is 1. The first-order valence-electron chi connectivity index (χ1n) is 9.57. The Hall–Kier alpha value is -3.34. The first-order chi connectivity index (χ1) is 13.6. The summed E-state index contributed by atoms with van der Waals surface area (Å²) in [6.45, 7) is 3.14. The summed E-state index contributed by atoms with van der Waals surface area (Å²) in [7, 11) is 0. The highest BCUT2D eigenvalue weighted by Crippen LogP contribution is 2.28. The smallest absolute Gasteiger partial charge is 0.242 e. The van der Waals surface area contributed by atoms with Crippen LogP contribution in [0.5, 0.6) is 0 Å². The molecular formula is C23H21N3O2. The third kappa shape index (κ3) is 2.62. The van der Waals surface area contributed by atoms with Crippen molar-refractivity contribution in [2.24, 2.45) is 0 Å². The minimum atomic E-state index is 0.0174. The molecule has 5 nitrogen and oxygen atoms in total. The molecule has 28 heavy (non-hydrogen) atoms. The summed E-state index contributed by atoms with van der Waals surface area (Å²) in [4.78, 5) is 30.5. The summed E-state index contributed by atoms with van der Waals surface area (Å²) in [6, 6.07) is 16.0. The van der Waals surface area contributed by atoms with Crippen LogP contribution in [0.15, 0.2) is 54.7 Å². The normalized spacial score (nSPS) is 13.8. The standard InChI is InChI=1S/C23H21N3O2/c1-15(27)18-12-26(22-9-5-3-7-17(18)22)14-23(28)25-11-10-21-19(13-25)16-6-2-4-8-20(16)24-21/h2-9,12,24H,10-11,13-14H2,1H3. The van der Waals surface area contributed by atoms with Crippen LogP contribution in [0.1, 0.15) is 28.5 Å². The summed E-state index contributed by atoms with van der Waals surface area (Å²) in [5, 5.41) is 2.10. The van der Waals surface area contributed by atoms with Gasteiger partial charge in [0.1, 0.15) is 6.54 Å². The van der Waals surface area contributed by atoms with Gasteiger partial charge in [0.15, 0.2) is 5.78 Å². The van der Waals surface area contributed by atoms with E-state index in [-0.39, 0.29) is 18.2 Å². The molecule has 140 valence electrons. The molecule has 3 heterocycles. The van der Waals surface area contributed by atoms with Gasteiger partial charge in [0.2, 0.25) is 5.91 Å². The second-order valence-corrected chi connectivity index (χ2v) is 7.44. The van der Waals surface area contributed by atoms with Crippen LogP contribution >= 0.6 is 0 Å². The van der Waals surface area contributed by atoms with Gasteiger partial charge < -0.3 is 14.5 Å². The van der Waals surface area contributed by atoms with Crippen molar-refractivity contribution in [1.29, 1.82) is 0 Å². The number of hydrogen-bond donors (Lipinski definition) is 1. The van der Waals surface area contributed by atoms with Crippen molar-refractivity contribution in [3.8, 4) is 0 Å². The maximum absolute atomic E-state index is 13.1. The number of Topliss-reactive ketones (excluding diaryl/α,β-unsaturated/α-hetero) is 1. The lowest BCUT2D eigenvalue weighted by molar-refractivity contribution is -0.132. The summed E-state index contributed by atoms with van der Waals surface area (Å²) in [5.41, 5.74) is 5.17. The van der Waals surface area contributed by atoms with E-state index in [1.54, 1.807) is 6.92 Å². The van der Waals surface area contributed by atoms with Crippen molar-refractivity contribution in [2.75, 3.05) is 6.54 Å². The van der Waals surface area contributed by atoms with E-state index in [0.717, 1.165) is 22.8 Å². The van der Waals surface area contributed by atoms with Gasteiger partial charge in [-0.2, -0.15) is 0 Å². The molecule has 0 saturated heterocycles. The van der Waals surface area contributed by atoms with E-state index in [1.165, 1.54) is 16.6 Å². The van der Waals surface area contributed by atoms with E-state index in [1.807, 2.05) is 52.1 Å². The molecule has 4 aromatic rings. The highest BCUT2D eigenvalue weighted by Gasteiger charge is 2.24. The first kappa shape index (κ1) is 16.8. The Kier molecular flexibility index (Phi) is 3.83. The number of fused-ring (bicyclic) bond motifs is 4. The van der Waals surface area contributed by atoms with Gasteiger partial charge in [-0.15, -0.1) is 0 Å². The molecule has 1 amide bonds. The Morgan fingerprint density at radius 3 is 2.61 bits per heavy atom. The van der Waals surface area contributed by atoms with Gasteiger partial charge in [-0.1, -0.05) is 36.4 Å². The van der Waals surface area contributed by atoms with Crippen molar-refractivity contribution in [3.05, 3.63) is 71.5 Å². The first-order valence-corrected chi connectivity index (χ1v) is 9.57. The summed E-state index contributed by atoms with van der Waals surface area (Å²) >= 11 is 0. The van der Waals surface area contributed by atoms with Crippen LogP contribution in [0.4, 0.5) is 0 Å². The number of carbonyl (C=O) groups excluding carboxylic acids is 2. The average molecular weight is 371 g/mol. The number of hydrogen-bond acceptors (Lipinski definition) is 2. The van der Waals surface area contributed by atoms with Crippen LogP contribution in [0.2, 0.25) is 0 Å². The maximum Gasteiger partial charge on any atom is 0.242 e. The van der Waals surface area contributed by atoms with Crippen molar-refractivity contribution in [2.45, 2.75) is 26.4 Å². The van der Waals surface area contributed by atoms with Crippen molar-refractivity contribution < 1.29 is 9.59 Å². The highest BCUT2D eigenvalue weighted by molar-refractivity contribution is 6.07. The number of carbonyl (C=O) groups is 2. The molecule has 0 saturated carbocycles. The number of rotatable bonds is 3. The predicted octanol–water partition coefficient (Wildman–Crippen LogP) is 3.91. The lowest BCUT2D eigenvalue weighted by atomic mass is 10.0. The van der Waals surface area contributed by atoms with Gasteiger partial charge in [-0.05, 0) is 19.1 Å². The third-order valence-electron chi connectivity index (χ3n) is 5.71. The van der Waals surface area contributed by atoms with Crippen LogP contribution < -0.4 is 0 Å². The van der Waals surface area contributed by atoms with Gasteiger partial charge in [-0.3, -0.25) is 9.59 Å². The van der Waals surface area contributed by atoms with E-state index in [4.69, 9.17) is 0 Å². The lowest BCUT2D eigenvalue weighted by Gasteiger charge is -2.27. The molecule has 2 aromatic carbocycles. The van der Waals surface area contributed by atoms with Crippen LogP contribution in [-0.2, 0) is 24.3 Å². The Morgan fingerprint density at radius 2 is 1.79 bits per heavy atom. The zero-order valence-corrected chi connectivity index (χ0v) is 15.7. The van der Waals surface area contributed by atoms with Gasteiger partial charge in [0.25, 0.3) is 0 Å². The molecule has 2 aromatic heterocycles. The minimum absolute atomic E-state index is 0.0174. The number of ketones is 1. The number of nitrogens with zero attached hydrogens (tertiary/aromatic N) is 2. The fourth-order valence-corrected chi connectivity index (χ4v) is 4.28. The second-order valence-electron chi connectivity index (χ2n) is 7.44. The van der Waals surface area contributed by atoms with E-state index < -0.39 is 0 Å². The van der Waals surface area contributed by atoms with Crippen LogP contribution in [-0.4, -0.2) is 32.7 Å². The number of benzene rings is 2. The van der Waals surface area contributed by atoms with Crippen molar-refractivity contribution >= 4 is 33.5 Å². The SMILES string of the molecule is CC(=O)c1cn(CC(=O)N2CCc3[nH]c4ccccc4c3C2)c2ccccc12. The lowest BCUT2D eigenvalue weighted by Crippen LogP contribution is -2.37. The molecule has 1 aliphatic rings. The monoisotopic (exact) mass is 371 g/mol. The van der Waals surface area contributed by atoms with Crippen molar-refractivity contribution in [1.82, 2.24) is 14.5 Å².